The van der Waals surface area contributed by atoms with E-state index >= 15 is 4.39 Å². The third-order valence-electron chi connectivity index (χ3n) is 7.10. The van der Waals surface area contributed by atoms with Gasteiger partial charge in [-0.25, -0.2) is 13.8 Å². The number of aromatic nitrogens is 1. The van der Waals surface area contributed by atoms with Crippen LogP contribution in [0.2, 0.25) is 0 Å². The van der Waals surface area contributed by atoms with Crippen LogP contribution in [-0.4, -0.2) is 45.1 Å². The van der Waals surface area contributed by atoms with Gasteiger partial charge in [0, 0.05) is 41.5 Å². The van der Waals surface area contributed by atoms with E-state index in [1.165, 1.54) is 18.3 Å². The van der Waals surface area contributed by atoms with Crippen molar-refractivity contribution in [1.82, 2.24) is 15.2 Å². The van der Waals surface area contributed by atoms with E-state index in [4.69, 9.17) is 5.73 Å². The Hall–Kier alpha value is -2.58. The molecule has 1 aromatic heterocycles. The number of halogens is 2. The Morgan fingerprint density at radius 3 is 2.67 bits per heavy atom. The average Bonchev–Trinajstić information content (AvgIpc) is 3.18. The molecule has 1 amide bonds. The molecular weight excluding hydrogens is 426 g/mol. The lowest BCUT2D eigenvalue weighted by atomic mass is 9.83. The summed E-state index contributed by atoms with van der Waals surface area (Å²) in [5.41, 5.74) is 6.00. The topological polar surface area (TPSA) is 91.5 Å². The molecule has 0 unspecified atom stereocenters. The lowest BCUT2D eigenvalue weighted by Gasteiger charge is -2.33. The Morgan fingerprint density at radius 1 is 1.27 bits per heavy atom. The first-order chi connectivity index (χ1) is 15.6. The van der Waals surface area contributed by atoms with Crippen LogP contribution >= 0.6 is 0 Å². The molecule has 2 aliphatic rings. The summed E-state index contributed by atoms with van der Waals surface area (Å²) in [6.07, 6.45) is 5.97. The van der Waals surface area contributed by atoms with Crippen LogP contribution in [0.1, 0.15) is 68.3 Å². The van der Waals surface area contributed by atoms with Crippen molar-refractivity contribution in [2.24, 2.45) is 0 Å². The van der Waals surface area contributed by atoms with E-state index in [9.17, 15) is 14.3 Å². The van der Waals surface area contributed by atoms with Gasteiger partial charge in [-0.2, -0.15) is 0 Å². The SMILES string of the molecule is C[C@@H]1CCCN1Cc1ccc(-c2cnc(N)c(C(=O)NC3CCC(C)(O)CC3)c2)c(F)c1F. The number of benzene rings is 1. The Bertz CT molecular complexity index is 1030. The zero-order valence-electron chi connectivity index (χ0n) is 19.2. The van der Waals surface area contributed by atoms with Gasteiger partial charge < -0.3 is 16.2 Å². The summed E-state index contributed by atoms with van der Waals surface area (Å²) in [5.74, 6) is -2.20. The van der Waals surface area contributed by atoms with E-state index in [-0.39, 0.29) is 23.0 Å². The number of likely N-dealkylation sites (tertiary alicyclic amines) is 1. The minimum absolute atomic E-state index is 0.0274. The third-order valence-corrected chi connectivity index (χ3v) is 7.10. The number of rotatable bonds is 5. The molecule has 1 saturated carbocycles. The van der Waals surface area contributed by atoms with Crippen LogP contribution in [0.3, 0.4) is 0 Å². The van der Waals surface area contributed by atoms with E-state index in [1.807, 2.05) is 0 Å². The highest BCUT2D eigenvalue weighted by atomic mass is 19.2. The number of carbonyl (C=O) groups excluding carboxylic acids is 1. The molecule has 0 radical (unpaired) electrons. The number of nitrogens with one attached hydrogen (secondary N) is 1. The van der Waals surface area contributed by atoms with Crippen LogP contribution in [0.5, 0.6) is 0 Å². The number of nitrogens with two attached hydrogens (primary N) is 1. The number of anilines is 1. The molecule has 2 heterocycles. The smallest absolute Gasteiger partial charge is 0.255 e. The Kier molecular flexibility index (Phi) is 6.68. The van der Waals surface area contributed by atoms with Gasteiger partial charge in [-0.3, -0.25) is 9.69 Å². The number of hydrogen-bond donors (Lipinski definition) is 3. The molecule has 33 heavy (non-hydrogen) atoms. The minimum Gasteiger partial charge on any atom is -0.390 e. The number of amides is 1. The van der Waals surface area contributed by atoms with E-state index in [0.717, 1.165) is 19.4 Å². The molecule has 1 aliphatic carbocycles. The molecule has 1 aromatic carbocycles. The molecule has 0 spiro atoms. The second-order valence-corrected chi connectivity index (χ2v) is 9.76. The van der Waals surface area contributed by atoms with Gasteiger partial charge in [-0.1, -0.05) is 12.1 Å². The standard InChI is InChI=1S/C25H32F2N4O2/c1-15-4-3-11-31(15)14-16-5-6-19(22(27)21(16)26)17-12-20(23(28)29-13-17)24(32)30-18-7-9-25(2,33)10-8-18/h5-6,12-13,15,18,33H,3-4,7-11,14H2,1-2H3,(H2,28,29)(H,30,32)/t15-,18?,25?/m1/s1. The number of pyridine rings is 1. The van der Waals surface area contributed by atoms with Crippen LogP contribution in [0.15, 0.2) is 24.4 Å². The second-order valence-electron chi connectivity index (χ2n) is 9.76. The first kappa shape index (κ1) is 23.6. The number of hydrogen-bond acceptors (Lipinski definition) is 5. The lowest BCUT2D eigenvalue weighted by Crippen LogP contribution is -2.42. The van der Waals surface area contributed by atoms with Crippen molar-refractivity contribution in [1.29, 1.82) is 0 Å². The normalized spacial score (nSPS) is 25.8. The number of nitrogen functional groups attached to an aromatic ring is 1. The highest BCUT2D eigenvalue weighted by molar-refractivity contribution is 5.99. The zero-order valence-corrected chi connectivity index (χ0v) is 19.2. The predicted octanol–water partition coefficient (Wildman–Crippen LogP) is 4.02. The van der Waals surface area contributed by atoms with Crippen molar-refractivity contribution in [3.05, 3.63) is 47.2 Å². The highest BCUT2D eigenvalue weighted by Gasteiger charge is 2.30. The van der Waals surface area contributed by atoms with Gasteiger partial charge in [0.05, 0.1) is 11.2 Å². The van der Waals surface area contributed by atoms with E-state index in [2.05, 4.69) is 22.1 Å². The summed E-state index contributed by atoms with van der Waals surface area (Å²) in [6.45, 7) is 5.13. The maximum atomic E-state index is 15.0. The molecule has 1 atom stereocenters. The van der Waals surface area contributed by atoms with Gasteiger partial charge in [0.15, 0.2) is 11.6 Å². The van der Waals surface area contributed by atoms with Crippen molar-refractivity contribution in [2.75, 3.05) is 12.3 Å². The molecule has 2 aromatic rings. The largest absolute Gasteiger partial charge is 0.390 e. The van der Waals surface area contributed by atoms with Gasteiger partial charge in [0.1, 0.15) is 5.82 Å². The Morgan fingerprint density at radius 2 is 2.00 bits per heavy atom. The molecule has 1 aliphatic heterocycles. The fourth-order valence-electron chi connectivity index (χ4n) is 4.83. The fourth-order valence-corrected chi connectivity index (χ4v) is 4.83. The maximum Gasteiger partial charge on any atom is 0.255 e. The lowest BCUT2D eigenvalue weighted by molar-refractivity contribution is 0.0140. The van der Waals surface area contributed by atoms with Crippen molar-refractivity contribution in [3.63, 3.8) is 0 Å². The summed E-state index contributed by atoms with van der Waals surface area (Å²) in [4.78, 5) is 19.0. The van der Waals surface area contributed by atoms with Crippen molar-refractivity contribution in [3.8, 4) is 11.1 Å². The number of nitrogens with zero attached hydrogens (tertiary/aromatic N) is 2. The van der Waals surface area contributed by atoms with Crippen molar-refractivity contribution in [2.45, 2.75) is 76.6 Å². The van der Waals surface area contributed by atoms with Gasteiger partial charge in [-0.05, 0) is 65.0 Å². The first-order valence-corrected chi connectivity index (χ1v) is 11.6. The fraction of sp³-hybridized carbons (Fsp3) is 0.520. The zero-order chi connectivity index (χ0) is 23.8. The number of aliphatic hydroxyl groups is 1. The molecular formula is C25H32F2N4O2. The van der Waals surface area contributed by atoms with Gasteiger partial charge in [-0.15, -0.1) is 0 Å². The summed E-state index contributed by atoms with van der Waals surface area (Å²) in [5, 5.41) is 13.0. The average molecular weight is 459 g/mol. The van der Waals surface area contributed by atoms with Crippen LogP contribution < -0.4 is 11.1 Å². The molecule has 6 nitrogen and oxygen atoms in total. The molecule has 8 heteroatoms. The second kappa shape index (κ2) is 9.35. The van der Waals surface area contributed by atoms with Crippen LogP contribution in [-0.2, 0) is 6.54 Å². The quantitative estimate of drug-likeness (QED) is 0.630. The molecule has 2 fully saturated rings. The summed E-state index contributed by atoms with van der Waals surface area (Å²) in [7, 11) is 0. The van der Waals surface area contributed by atoms with Gasteiger partial charge in [0.25, 0.3) is 5.91 Å². The summed E-state index contributed by atoms with van der Waals surface area (Å²) >= 11 is 0. The van der Waals surface area contributed by atoms with E-state index in [1.54, 1.807) is 13.0 Å². The maximum absolute atomic E-state index is 15.0. The van der Waals surface area contributed by atoms with Crippen molar-refractivity contribution >= 4 is 11.7 Å². The molecule has 4 rings (SSSR count). The third kappa shape index (κ3) is 5.17. The Balaban J connectivity index is 1.53. The van der Waals surface area contributed by atoms with Gasteiger partial charge in [0.2, 0.25) is 0 Å². The number of carbonyl (C=O) groups is 1. The molecule has 1 saturated heterocycles. The van der Waals surface area contributed by atoms with E-state index < -0.39 is 23.1 Å². The summed E-state index contributed by atoms with van der Waals surface area (Å²) < 4.78 is 29.9. The van der Waals surface area contributed by atoms with Crippen LogP contribution in [0, 0.1) is 11.6 Å². The monoisotopic (exact) mass is 458 g/mol. The van der Waals surface area contributed by atoms with E-state index in [0.29, 0.717) is 49.4 Å². The summed E-state index contributed by atoms with van der Waals surface area (Å²) in [6, 6.07) is 4.86. The Labute approximate surface area is 193 Å². The van der Waals surface area contributed by atoms with Gasteiger partial charge >= 0.3 is 0 Å². The van der Waals surface area contributed by atoms with Crippen LogP contribution in [0.4, 0.5) is 14.6 Å². The van der Waals surface area contributed by atoms with Crippen LogP contribution in [0.25, 0.3) is 11.1 Å². The molecule has 178 valence electrons. The molecule has 4 N–H and O–H groups in total. The highest BCUT2D eigenvalue weighted by Crippen LogP contribution is 2.31. The minimum atomic E-state index is -0.952. The first-order valence-electron chi connectivity index (χ1n) is 11.6. The predicted molar refractivity (Wildman–Crippen MR) is 123 cm³/mol. The van der Waals surface area contributed by atoms with Crippen molar-refractivity contribution < 1.29 is 18.7 Å². The molecule has 0 bridgehead atoms.